The summed E-state index contributed by atoms with van der Waals surface area (Å²) < 4.78 is 1.71. The average molecular weight is 347 g/mol. The van der Waals surface area contributed by atoms with Crippen LogP contribution in [-0.2, 0) is 9.59 Å². The molecular formula is C11H9Br2NO2. The van der Waals surface area contributed by atoms with Crippen molar-refractivity contribution in [3.63, 3.8) is 0 Å². The van der Waals surface area contributed by atoms with Crippen LogP contribution < -0.4 is 0 Å². The van der Waals surface area contributed by atoms with E-state index in [1.54, 1.807) is 6.20 Å². The quantitative estimate of drug-likeness (QED) is 0.734. The van der Waals surface area contributed by atoms with E-state index in [9.17, 15) is 9.59 Å². The first-order valence-corrected chi connectivity index (χ1v) is 6.49. The third-order valence-corrected chi connectivity index (χ3v) is 3.63. The largest absolute Gasteiger partial charge is 0.299 e. The number of hydrogen-bond donors (Lipinski definition) is 0. The Bertz CT molecular complexity index is 443. The number of pyridine rings is 1. The fourth-order valence-corrected chi connectivity index (χ4v) is 3.22. The molecule has 84 valence electrons. The number of ketones is 2. The van der Waals surface area contributed by atoms with Gasteiger partial charge in [0, 0.05) is 33.9 Å². The van der Waals surface area contributed by atoms with Crippen molar-refractivity contribution in [2.24, 2.45) is 0 Å². The lowest BCUT2D eigenvalue weighted by Gasteiger charge is -2.20. The highest BCUT2D eigenvalue weighted by atomic mass is 79.9. The Labute approximate surface area is 110 Å². The molecule has 1 aliphatic carbocycles. The van der Waals surface area contributed by atoms with Crippen molar-refractivity contribution >= 4 is 43.4 Å². The summed E-state index contributed by atoms with van der Waals surface area (Å²) in [6.45, 7) is 0. The van der Waals surface area contributed by atoms with Crippen LogP contribution in [0, 0.1) is 0 Å². The zero-order chi connectivity index (χ0) is 11.7. The second-order valence-corrected chi connectivity index (χ2v) is 5.65. The van der Waals surface area contributed by atoms with E-state index in [1.165, 1.54) is 0 Å². The van der Waals surface area contributed by atoms with Gasteiger partial charge in [0.15, 0.2) is 0 Å². The third kappa shape index (κ3) is 2.58. The molecule has 5 heteroatoms. The number of aromatic nitrogens is 1. The van der Waals surface area contributed by atoms with Crippen LogP contribution in [0.25, 0.3) is 0 Å². The highest BCUT2D eigenvalue weighted by Gasteiger charge is 2.28. The van der Waals surface area contributed by atoms with Crippen LogP contribution >= 0.6 is 31.9 Å². The highest BCUT2D eigenvalue weighted by Crippen LogP contribution is 2.33. The van der Waals surface area contributed by atoms with Gasteiger partial charge in [0.25, 0.3) is 0 Å². The van der Waals surface area contributed by atoms with E-state index >= 15 is 0 Å². The number of carbonyl (C=O) groups is 2. The van der Waals surface area contributed by atoms with Gasteiger partial charge in [-0.1, -0.05) is 0 Å². The van der Waals surface area contributed by atoms with Gasteiger partial charge in [-0.05, 0) is 37.9 Å². The minimum absolute atomic E-state index is 0.0119. The van der Waals surface area contributed by atoms with Crippen molar-refractivity contribution < 1.29 is 9.59 Å². The van der Waals surface area contributed by atoms with E-state index in [1.807, 2.05) is 6.07 Å². The van der Waals surface area contributed by atoms with Gasteiger partial charge in [0.2, 0.25) is 0 Å². The maximum Gasteiger partial charge on any atom is 0.140 e. The van der Waals surface area contributed by atoms with Crippen LogP contribution in [0.3, 0.4) is 0 Å². The summed E-state index contributed by atoms with van der Waals surface area (Å²) in [5, 5.41) is 0. The normalized spacial score (nSPS) is 17.9. The fraction of sp³-hybridized carbons (Fsp3) is 0.364. The lowest BCUT2D eigenvalue weighted by atomic mass is 9.85. The molecule has 1 fully saturated rings. The fourth-order valence-electron chi connectivity index (χ4n) is 1.90. The molecule has 1 saturated carbocycles. The monoisotopic (exact) mass is 345 g/mol. The first-order valence-electron chi connectivity index (χ1n) is 4.90. The van der Waals surface area contributed by atoms with E-state index in [4.69, 9.17) is 0 Å². The summed E-state index contributed by atoms with van der Waals surface area (Å²) in [6, 6.07) is 1.88. The Balaban J connectivity index is 2.29. The van der Waals surface area contributed by atoms with Gasteiger partial charge in [0.1, 0.15) is 11.6 Å². The second-order valence-electron chi connectivity index (χ2n) is 3.88. The van der Waals surface area contributed by atoms with Crippen LogP contribution in [0.1, 0.15) is 30.9 Å². The zero-order valence-electron chi connectivity index (χ0n) is 8.37. The molecular weight excluding hydrogens is 338 g/mol. The summed E-state index contributed by atoms with van der Waals surface area (Å²) in [6.07, 6.45) is 2.60. The number of halogens is 2. The Hall–Kier alpha value is -0.550. The Morgan fingerprint density at radius 3 is 2.38 bits per heavy atom. The molecule has 0 unspecified atom stereocenters. The molecule has 16 heavy (non-hydrogen) atoms. The molecule has 0 aliphatic heterocycles. The number of rotatable bonds is 1. The molecule has 0 saturated heterocycles. The molecule has 0 amide bonds. The minimum Gasteiger partial charge on any atom is -0.299 e. The molecule has 0 N–H and O–H groups in total. The van der Waals surface area contributed by atoms with Gasteiger partial charge in [-0.3, -0.25) is 14.6 Å². The summed E-state index contributed by atoms with van der Waals surface area (Å²) in [5.74, 6) is -0.0491. The SMILES string of the molecule is O=C1CC(=O)CC(c2ncc(Br)cc2Br)C1. The first-order chi connectivity index (χ1) is 7.56. The number of Topliss-reactive ketones (excluding diaryl/α,β-unsaturated/α-hetero) is 2. The molecule has 0 aromatic carbocycles. The minimum atomic E-state index is -0.0729. The van der Waals surface area contributed by atoms with Crippen molar-refractivity contribution in [3.8, 4) is 0 Å². The molecule has 0 atom stereocenters. The highest BCUT2D eigenvalue weighted by molar-refractivity contribution is 9.11. The predicted molar refractivity (Wildman–Crippen MR) is 66.2 cm³/mol. The van der Waals surface area contributed by atoms with Crippen molar-refractivity contribution in [1.82, 2.24) is 4.98 Å². The predicted octanol–water partition coefficient (Wildman–Crippen LogP) is 3.01. The van der Waals surface area contributed by atoms with Crippen LogP contribution in [0.5, 0.6) is 0 Å². The average Bonchev–Trinajstić information content (AvgIpc) is 2.15. The lowest BCUT2D eigenvalue weighted by molar-refractivity contribution is -0.130. The number of hydrogen-bond acceptors (Lipinski definition) is 3. The van der Waals surface area contributed by atoms with Gasteiger partial charge in [-0.25, -0.2) is 0 Å². The summed E-state index contributed by atoms with van der Waals surface area (Å²) in [7, 11) is 0. The molecule has 1 aliphatic rings. The van der Waals surface area contributed by atoms with E-state index in [0.717, 1.165) is 14.6 Å². The molecule has 3 nitrogen and oxygen atoms in total. The molecule has 1 heterocycles. The van der Waals surface area contributed by atoms with Crippen molar-refractivity contribution in [1.29, 1.82) is 0 Å². The van der Waals surface area contributed by atoms with Gasteiger partial charge in [-0.2, -0.15) is 0 Å². The summed E-state index contributed by atoms with van der Waals surface area (Å²) >= 11 is 6.73. The van der Waals surface area contributed by atoms with Crippen LogP contribution in [0.2, 0.25) is 0 Å². The maximum absolute atomic E-state index is 11.4. The van der Waals surface area contributed by atoms with E-state index in [2.05, 4.69) is 36.8 Å². The lowest BCUT2D eigenvalue weighted by Crippen LogP contribution is -2.22. The summed E-state index contributed by atoms with van der Waals surface area (Å²) in [4.78, 5) is 27.0. The first kappa shape index (κ1) is 11.9. The van der Waals surface area contributed by atoms with Gasteiger partial charge < -0.3 is 0 Å². The van der Waals surface area contributed by atoms with E-state index < -0.39 is 0 Å². The Kier molecular flexibility index (Phi) is 3.54. The van der Waals surface area contributed by atoms with Crippen molar-refractivity contribution in [2.45, 2.75) is 25.2 Å². The summed E-state index contributed by atoms with van der Waals surface area (Å²) in [5.41, 5.74) is 0.796. The van der Waals surface area contributed by atoms with E-state index in [0.29, 0.717) is 12.8 Å². The standard InChI is InChI=1S/C11H9Br2NO2/c12-7-3-10(13)11(14-5-7)6-1-8(15)4-9(16)2-6/h3,5-6H,1-2,4H2. The molecule has 0 bridgehead atoms. The molecule has 1 aromatic rings. The number of nitrogens with zero attached hydrogens (tertiary/aromatic N) is 1. The smallest absolute Gasteiger partial charge is 0.140 e. The van der Waals surface area contributed by atoms with Crippen molar-refractivity contribution in [2.75, 3.05) is 0 Å². The van der Waals surface area contributed by atoms with E-state index in [-0.39, 0.29) is 23.9 Å². The molecule has 0 radical (unpaired) electrons. The maximum atomic E-state index is 11.4. The van der Waals surface area contributed by atoms with Gasteiger partial charge in [0.05, 0.1) is 12.1 Å². The third-order valence-electron chi connectivity index (χ3n) is 2.57. The second kappa shape index (κ2) is 4.75. The molecule has 2 rings (SSSR count). The zero-order valence-corrected chi connectivity index (χ0v) is 11.5. The van der Waals surface area contributed by atoms with Gasteiger partial charge >= 0.3 is 0 Å². The van der Waals surface area contributed by atoms with Crippen LogP contribution in [-0.4, -0.2) is 16.6 Å². The number of carbonyl (C=O) groups excluding carboxylic acids is 2. The van der Waals surface area contributed by atoms with Crippen LogP contribution in [0.4, 0.5) is 0 Å². The molecule has 1 aromatic heterocycles. The van der Waals surface area contributed by atoms with Crippen LogP contribution in [0.15, 0.2) is 21.2 Å². The van der Waals surface area contributed by atoms with Crippen molar-refractivity contribution in [3.05, 3.63) is 26.9 Å². The molecule has 0 spiro atoms. The Morgan fingerprint density at radius 1 is 1.19 bits per heavy atom. The topological polar surface area (TPSA) is 47.0 Å². The Morgan fingerprint density at radius 2 is 1.81 bits per heavy atom. The van der Waals surface area contributed by atoms with Gasteiger partial charge in [-0.15, -0.1) is 0 Å².